The molecule has 0 bridgehead atoms. The van der Waals surface area contributed by atoms with Gasteiger partial charge in [0.2, 0.25) is 0 Å². The highest BCUT2D eigenvalue weighted by Crippen LogP contribution is 2.18. The molecule has 0 saturated heterocycles. The van der Waals surface area contributed by atoms with Crippen molar-refractivity contribution >= 4 is 17.3 Å². The van der Waals surface area contributed by atoms with Gasteiger partial charge in [-0.25, -0.2) is 19.0 Å². The monoisotopic (exact) mass is 389 g/mol. The highest BCUT2D eigenvalue weighted by molar-refractivity contribution is 7.09. The first-order valence-corrected chi connectivity index (χ1v) is 8.90. The molecule has 0 saturated carbocycles. The molecule has 0 amide bonds. The van der Waals surface area contributed by atoms with Crippen molar-refractivity contribution in [2.24, 2.45) is 0 Å². The molecule has 0 aliphatic rings. The molecule has 6 nitrogen and oxygen atoms in total. The second kappa shape index (κ2) is 8.13. The Kier molecular flexibility index (Phi) is 5.66. The van der Waals surface area contributed by atoms with Gasteiger partial charge in [-0.3, -0.25) is 0 Å². The van der Waals surface area contributed by atoms with Crippen molar-refractivity contribution in [3.05, 3.63) is 79.5 Å². The van der Waals surface area contributed by atoms with E-state index in [1.54, 1.807) is 19.2 Å². The SMILES string of the molecule is Cc1cc(=O)oc(C)c1C(=O)OCc1csc(COc2ccc(F)cc2)n1. The van der Waals surface area contributed by atoms with Crippen molar-refractivity contribution in [2.75, 3.05) is 0 Å². The van der Waals surface area contributed by atoms with Gasteiger partial charge in [-0.1, -0.05) is 0 Å². The van der Waals surface area contributed by atoms with Crippen LogP contribution in [0.1, 0.15) is 32.4 Å². The molecule has 2 heterocycles. The van der Waals surface area contributed by atoms with Crippen LogP contribution in [0.15, 0.2) is 44.9 Å². The Bertz CT molecular complexity index is 983. The van der Waals surface area contributed by atoms with Crippen LogP contribution in [0.5, 0.6) is 5.75 Å². The molecule has 0 spiro atoms. The van der Waals surface area contributed by atoms with E-state index in [9.17, 15) is 14.0 Å². The number of halogens is 1. The van der Waals surface area contributed by atoms with Crippen LogP contribution in [0.25, 0.3) is 0 Å². The summed E-state index contributed by atoms with van der Waals surface area (Å²) >= 11 is 1.37. The topological polar surface area (TPSA) is 78.6 Å². The number of rotatable bonds is 6. The first kappa shape index (κ1) is 18.8. The standard InChI is InChI=1S/C19H16FNO5S/c1-11-7-17(22)26-12(2)18(11)19(23)25-8-14-10-27-16(21-14)9-24-15-5-3-13(20)4-6-15/h3-7,10H,8-9H2,1-2H3. The third-order valence-electron chi connectivity index (χ3n) is 3.66. The number of aryl methyl sites for hydroxylation is 2. The molecule has 0 aliphatic heterocycles. The summed E-state index contributed by atoms with van der Waals surface area (Å²) in [4.78, 5) is 27.9. The molecule has 0 aliphatic carbocycles. The number of nitrogens with zero attached hydrogens (tertiary/aromatic N) is 1. The molecular formula is C19H16FNO5S. The first-order chi connectivity index (χ1) is 12.9. The van der Waals surface area contributed by atoms with Gasteiger partial charge in [0.1, 0.15) is 41.1 Å². The van der Waals surface area contributed by atoms with Gasteiger partial charge >= 0.3 is 11.6 Å². The number of thiazole rings is 1. The van der Waals surface area contributed by atoms with Crippen molar-refractivity contribution in [1.82, 2.24) is 4.98 Å². The molecule has 140 valence electrons. The van der Waals surface area contributed by atoms with Crippen molar-refractivity contribution in [3.63, 3.8) is 0 Å². The second-order valence-corrected chi connectivity index (χ2v) is 6.67. The Morgan fingerprint density at radius 2 is 1.96 bits per heavy atom. The van der Waals surface area contributed by atoms with E-state index in [1.165, 1.54) is 41.7 Å². The number of hydrogen-bond donors (Lipinski definition) is 0. The lowest BCUT2D eigenvalue weighted by Gasteiger charge is -2.07. The largest absolute Gasteiger partial charge is 0.486 e. The Morgan fingerprint density at radius 1 is 1.22 bits per heavy atom. The number of carbonyl (C=O) groups excluding carboxylic acids is 1. The Morgan fingerprint density at radius 3 is 2.67 bits per heavy atom. The van der Waals surface area contributed by atoms with Crippen LogP contribution in [0, 0.1) is 19.7 Å². The lowest BCUT2D eigenvalue weighted by atomic mass is 10.1. The number of esters is 1. The average Bonchev–Trinajstić information content (AvgIpc) is 3.06. The zero-order valence-electron chi connectivity index (χ0n) is 14.7. The van der Waals surface area contributed by atoms with Crippen LogP contribution in [0.3, 0.4) is 0 Å². The summed E-state index contributed by atoms with van der Waals surface area (Å²) in [6, 6.07) is 6.95. The van der Waals surface area contributed by atoms with Gasteiger partial charge in [-0.15, -0.1) is 11.3 Å². The number of aromatic nitrogens is 1. The number of hydrogen-bond acceptors (Lipinski definition) is 7. The van der Waals surface area contributed by atoms with E-state index in [-0.39, 0.29) is 30.4 Å². The van der Waals surface area contributed by atoms with Crippen LogP contribution in [-0.4, -0.2) is 11.0 Å². The predicted molar refractivity (Wildman–Crippen MR) is 96.4 cm³/mol. The fourth-order valence-electron chi connectivity index (χ4n) is 2.43. The van der Waals surface area contributed by atoms with Crippen LogP contribution >= 0.6 is 11.3 Å². The summed E-state index contributed by atoms with van der Waals surface area (Å²) in [6.07, 6.45) is 0. The molecule has 0 N–H and O–H groups in total. The number of ether oxygens (including phenoxy) is 2. The van der Waals surface area contributed by atoms with E-state index in [2.05, 4.69) is 4.98 Å². The summed E-state index contributed by atoms with van der Waals surface area (Å²) in [7, 11) is 0. The molecule has 1 aromatic carbocycles. The molecule has 0 atom stereocenters. The molecule has 2 aromatic heterocycles. The molecule has 3 aromatic rings. The fourth-order valence-corrected chi connectivity index (χ4v) is 3.12. The lowest BCUT2D eigenvalue weighted by molar-refractivity contribution is 0.0462. The van der Waals surface area contributed by atoms with E-state index in [0.717, 1.165) is 0 Å². The molecule has 8 heteroatoms. The van der Waals surface area contributed by atoms with E-state index in [1.807, 2.05) is 0 Å². The maximum absolute atomic E-state index is 12.9. The minimum Gasteiger partial charge on any atom is -0.486 e. The minimum absolute atomic E-state index is 0.0100. The second-order valence-electron chi connectivity index (χ2n) is 5.73. The highest BCUT2D eigenvalue weighted by atomic mass is 32.1. The maximum Gasteiger partial charge on any atom is 0.342 e. The number of carbonyl (C=O) groups is 1. The van der Waals surface area contributed by atoms with Crippen LogP contribution in [0.4, 0.5) is 4.39 Å². The molecule has 3 rings (SSSR count). The molecule has 0 unspecified atom stereocenters. The van der Waals surface area contributed by atoms with Gasteiger partial charge in [-0.2, -0.15) is 0 Å². The van der Waals surface area contributed by atoms with Crippen LogP contribution in [0.2, 0.25) is 0 Å². The zero-order valence-corrected chi connectivity index (χ0v) is 15.5. The summed E-state index contributed by atoms with van der Waals surface area (Å²) in [5, 5.41) is 2.46. The fraction of sp³-hybridized carbons (Fsp3) is 0.211. The van der Waals surface area contributed by atoms with E-state index in [0.29, 0.717) is 22.0 Å². The maximum atomic E-state index is 12.9. The normalized spacial score (nSPS) is 10.6. The average molecular weight is 389 g/mol. The van der Waals surface area contributed by atoms with Gasteiger partial charge in [0.05, 0.1) is 5.69 Å². The number of benzene rings is 1. The van der Waals surface area contributed by atoms with E-state index < -0.39 is 11.6 Å². The minimum atomic E-state index is -0.578. The Hall–Kier alpha value is -3.00. The summed E-state index contributed by atoms with van der Waals surface area (Å²) < 4.78 is 28.6. The van der Waals surface area contributed by atoms with Crippen LogP contribution in [-0.2, 0) is 18.0 Å². The molecule has 0 fully saturated rings. The molecular weight excluding hydrogens is 373 g/mol. The van der Waals surface area contributed by atoms with Gasteiger partial charge in [0.15, 0.2) is 0 Å². The quantitative estimate of drug-likeness (QED) is 0.597. The van der Waals surface area contributed by atoms with Crippen LogP contribution < -0.4 is 10.4 Å². The van der Waals surface area contributed by atoms with Gasteiger partial charge < -0.3 is 13.9 Å². The summed E-state index contributed by atoms with van der Waals surface area (Å²) in [5.41, 5.74) is 0.815. The van der Waals surface area contributed by atoms with E-state index in [4.69, 9.17) is 13.9 Å². The third kappa shape index (κ3) is 4.79. The van der Waals surface area contributed by atoms with Gasteiger partial charge in [-0.05, 0) is 43.7 Å². The van der Waals surface area contributed by atoms with Gasteiger partial charge in [0, 0.05) is 11.4 Å². The smallest absolute Gasteiger partial charge is 0.342 e. The van der Waals surface area contributed by atoms with Crippen molar-refractivity contribution in [3.8, 4) is 5.75 Å². The Balaban J connectivity index is 1.57. The lowest BCUT2D eigenvalue weighted by Crippen LogP contribution is -2.13. The zero-order chi connectivity index (χ0) is 19.4. The highest BCUT2D eigenvalue weighted by Gasteiger charge is 2.17. The first-order valence-electron chi connectivity index (χ1n) is 8.02. The van der Waals surface area contributed by atoms with E-state index >= 15 is 0 Å². The van der Waals surface area contributed by atoms with Crippen molar-refractivity contribution in [2.45, 2.75) is 27.1 Å². The summed E-state index contributed by atoms with van der Waals surface area (Å²) in [5.74, 6) is -0.150. The van der Waals surface area contributed by atoms with Crippen molar-refractivity contribution < 1.29 is 23.1 Å². The third-order valence-corrected chi connectivity index (χ3v) is 4.54. The predicted octanol–water partition coefficient (Wildman–Crippen LogP) is 3.79. The molecule has 27 heavy (non-hydrogen) atoms. The van der Waals surface area contributed by atoms with Crippen molar-refractivity contribution in [1.29, 1.82) is 0 Å². The van der Waals surface area contributed by atoms with Gasteiger partial charge in [0.25, 0.3) is 0 Å². The summed E-state index contributed by atoms with van der Waals surface area (Å²) in [6.45, 7) is 3.41. The Labute approximate surface area is 158 Å². The molecule has 0 radical (unpaired) electrons.